The zero-order valence-corrected chi connectivity index (χ0v) is 10.8. The smallest absolute Gasteiger partial charge is 0.104 e. The molecule has 18 heavy (non-hydrogen) atoms. The molecule has 1 aromatic heterocycles. The fraction of sp³-hybridized carbons (Fsp3) is 0.500. The topological polar surface area (TPSA) is 66.7 Å². The molecule has 1 aliphatic rings. The number of anilines is 1. The van der Waals surface area contributed by atoms with Crippen molar-refractivity contribution in [3.05, 3.63) is 24.0 Å². The lowest BCUT2D eigenvalue weighted by Gasteiger charge is -2.41. The maximum atomic E-state index is 5.87. The number of nitrogens with zero attached hydrogens (tertiary/aromatic N) is 1. The molecule has 0 unspecified atom stereocenters. The van der Waals surface area contributed by atoms with E-state index in [1.54, 1.807) is 0 Å². The monoisotopic (exact) mass is 244 g/mol. The molecule has 0 bridgehead atoms. The van der Waals surface area contributed by atoms with E-state index in [1.165, 1.54) is 19.3 Å². The van der Waals surface area contributed by atoms with Crippen LogP contribution in [0.5, 0.6) is 0 Å². The van der Waals surface area contributed by atoms with Gasteiger partial charge < -0.3 is 16.0 Å². The van der Waals surface area contributed by atoms with E-state index in [4.69, 9.17) is 5.73 Å². The molecule has 0 aliphatic heterocycles. The number of rotatable bonds is 4. The maximum Gasteiger partial charge on any atom is 0.104 e. The van der Waals surface area contributed by atoms with Crippen LogP contribution in [0, 0.1) is 12.3 Å². The van der Waals surface area contributed by atoms with E-state index in [-0.39, 0.29) is 0 Å². The summed E-state index contributed by atoms with van der Waals surface area (Å²) in [5.74, 6) is 0.958. The van der Waals surface area contributed by atoms with Crippen molar-refractivity contribution in [2.24, 2.45) is 11.1 Å². The number of nitrogens with two attached hydrogens (primary N) is 1. The summed E-state index contributed by atoms with van der Waals surface area (Å²) in [6.45, 7) is 3.73. The van der Waals surface area contributed by atoms with E-state index in [0.29, 0.717) is 5.41 Å². The molecular weight excluding hydrogens is 224 g/mol. The van der Waals surface area contributed by atoms with Gasteiger partial charge in [0.05, 0.1) is 11.0 Å². The van der Waals surface area contributed by atoms with Gasteiger partial charge >= 0.3 is 0 Å². The van der Waals surface area contributed by atoms with Crippen LogP contribution < -0.4 is 11.1 Å². The summed E-state index contributed by atoms with van der Waals surface area (Å²) in [5.41, 5.74) is 9.46. The lowest BCUT2D eigenvalue weighted by Crippen LogP contribution is -2.42. The first-order valence-electron chi connectivity index (χ1n) is 6.61. The Bertz CT molecular complexity index is 548. The highest BCUT2D eigenvalue weighted by molar-refractivity contribution is 5.79. The molecule has 0 saturated heterocycles. The minimum Gasteiger partial charge on any atom is -0.384 e. The van der Waals surface area contributed by atoms with Crippen LogP contribution in [0.1, 0.15) is 25.1 Å². The number of hydrogen-bond donors (Lipinski definition) is 3. The number of benzene rings is 1. The summed E-state index contributed by atoms with van der Waals surface area (Å²) in [4.78, 5) is 7.67. The Kier molecular flexibility index (Phi) is 2.74. The third-order valence-electron chi connectivity index (χ3n) is 4.12. The average molecular weight is 244 g/mol. The van der Waals surface area contributed by atoms with Gasteiger partial charge in [0.15, 0.2) is 0 Å². The summed E-state index contributed by atoms with van der Waals surface area (Å²) in [6, 6.07) is 6.26. The van der Waals surface area contributed by atoms with Crippen LogP contribution in [0.15, 0.2) is 18.2 Å². The maximum absolute atomic E-state index is 5.87. The number of fused-ring (bicyclic) bond motifs is 1. The summed E-state index contributed by atoms with van der Waals surface area (Å²) in [5, 5.41) is 3.51. The zero-order chi connectivity index (χ0) is 12.6. The molecule has 4 heteroatoms. The summed E-state index contributed by atoms with van der Waals surface area (Å²) < 4.78 is 0. The van der Waals surface area contributed by atoms with Gasteiger partial charge in [-0.15, -0.1) is 0 Å². The lowest BCUT2D eigenvalue weighted by molar-refractivity contribution is 0.163. The van der Waals surface area contributed by atoms with Gasteiger partial charge in [-0.1, -0.05) is 6.42 Å². The quantitative estimate of drug-likeness (QED) is 0.773. The van der Waals surface area contributed by atoms with Gasteiger partial charge in [0, 0.05) is 12.2 Å². The normalized spacial score (nSPS) is 17.7. The number of aryl methyl sites for hydroxylation is 1. The number of nitrogens with one attached hydrogen (secondary N) is 2. The molecule has 4 nitrogen and oxygen atoms in total. The van der Waals surface area contributed by atoms with E-state index in [1.807, 2.05) is 6.92 Å². The summed E-state index contributed by atoms with van der Waals surface area (Å²) >= 11 is 0. The van der Waals surface area contributed by atoms with Crippen LogP contribution in [-0.4, -0.2) is 23.1 Å². The molecule has 1 heterocycles. The lowest BCUT2D eigenvalue weighted by atomic mass is 9.69. The molecule has 2 aromatic rings. The molecule has 3 rings (SSSR count). The zero-order valence-electron chi connectivity index (χ0n) is 10.8. The number of imidazole rings is 1. The van der Waals surface area contributed by atoms with E-state index in [9.17, 15) is 0 Å². The molecule has 4 N–H and O–H groups in total. The summed E-state index contributed by atoms with van der Waals surface area (Å²) in [6.07, 6.45) is 3.82. The van der Waals surface area contributed by atoms with E-state index in [0.717, 1.165) is 35.6 Å². The number of H-pyrrole nitrogens is 1. The predicted octanol–water partition coefficient (Wildman–Crippen LogP) is 2.41. The minimum absolute atomic E-state index is 0.332. The molecule has 1 fully saturated rings. The Hall–Kier alpha value is -1.55. The van der Waals surface area contributed by atoms with Crippen molar-refractivity contribution in [3.63, 3.8) is 0 Å². The van der Waals surface area contributed by atoms with Gasteiger partial charge in [-0.3, -0.25) is 0 Å². The second-order valence-electron chi connectivity index (χ2n) is 5.47. The fourth-order valence-corrected chi connectivity index (χ4v) is 2.67. The van der Waals surface area contributed by atoms with Gasteiger partial charge in [0.25, 0.3) is 0 Å². The summed E-state index contributed by atoms with van der Waals surface area (Å²) in [7, 11) is 0. The van der Waals surface area contributed by atoms with Crippen LogP contribution >= 0.6 is 0 Å². The molecule has 1 aromatic carbocycles. The van der Waals surface area contributed by atoms with Crippen LogP contribution in [0.3, 0.4) is 0 Å². The van der Waals surface area contributed by atoms with Gasteiger partial charge in [-0.2, -0.15) is 0 Å². The highest BCUT2D eigenvalue weighted by atomic mass is 14.9. The van der Waals surface area contributed by atoms with Crippen molar-refractivity contribution in [1.82, 2.24) is 9.97 Å². The second kappa shape index (κ2) is 4.28. The van der Waals surface area contributed by atoms with Gasteiger partial charge in [-0.25, -0.2) is 4.98 Å². The first-order valence-corrected chi connectivity index (χ1v) is 6.61. The van der Waals surface area contributed by atoms with Crippen LogP contribution in [0.4, 0.5) is 5.69 Å². The van der Waals surface area contributed by atoms with Crippen molar-refractivity contribution >= 4 is 16.7 Å². The number of hydrogen-bond acceptors (Lipinski definition) is 3. The Morgan fingerprint density at radius 2 is 2.28 bits per heavy atom. The van der Waals surface area contributed by atoms with E-state index in [2.05, 4.69) is 33.5 Å². The van der Waals surface area contributed by atoms with Gasteiger partial charge in [-0.05, 0) is 49.9 Å². The molecule has 0 spiro atoms. The Morgan fingerprint density at radius 3 is 2.94 bits per heavy atom. The van der Waals surface area contributed by atoms with E-state index < -0.39 is 0 Å². The number of aromatic nitrogens is 2. The Balaban J connectivity index is 1.74. The average Bonchev–Trinajstić information content (AvgIpc) is 2.67. The fourth-order valence-electron chi connectivity index (χ4n) is 2.67. The molecule has 0 radical (unpaired) electrons. The van der Waals surface area contributed by atoms with Crippen LogP contribution in [0.2, 0.25) is 0 Å². The molecule has 1 saturated carbocycles. The van der Waals surface area contributed by atoms with Crippen molar-refractivity contribution in [2.75, 3.05) is 18.4 Å². The van der Waals surface area contributed by atoms with Gasteiger partial charge in [0.1, 0.15) is 5.82 Å². The molecule has 0 amide bonds. The Morgan fingerprint density at radius 1 is 1.44 bits per heavy atom. The molecule has 1 aliphatic carbocycles. The third-order valence-corrected chi connectivity index (χ3v) is 4.12. The minimum atomic E-state index is 0.332. The number of aromatic amines is 1. The molecule has 96 valence electrons. The SMILES string of the molecule is Cc1nc2ccc(NCC3(CN)CCC3)cc2[nH]1. The van der Waals surface area contributed by atoms with Crippen LogP contribution in [-0.2, 0) is 0 Å². The first kappa shape index (κ1) is 11.5. The molecule has 0 atom stereocenters. The van der Waals surface area contributed by atoms with Crippen molar-refractivity contribution in [2.45, 2.75) is 26.2 Å². The highest BCUT2D eigenvalue weighted by Crippen LogP contribution is 2.39. The van der Waals surface area contributed by atoms with Crippen LogP contribution in [0.25, 0.3) is 11.0 Å². The highest BCUT2D eigenvalue weighted by Gasteiger charge is 2.35. The molecular formula is C14H20N4. The van der Waals surface area contributed by atoms with E-state index >= 15 is 0 Å². The second-order valence-corrected chi connectivity index (χ2v) is 5.47. The van der Waals surface area contributed by atoms with Crippen molar-refractivity contribution in [3.8, 4) is 0 Å². The predicted molar refractivity (Wildman–Crippen MR) is 74.7 cm³/mol. The van der Waals surface area contributed by atoms with Crippen molar-refractivity contribution in [1.29, 1.82) is 0 Å². The Labute approximate surface area is 107 Å². The third kappa shape index (κ3) is 1.97. The largest absolute Gasteiger partial charge is 0.384 e. The standard InChI is InChI=1S/C14H20N4/c1-10-17-12-4-3-11(7-13(12)18-10)16-9-14(8-15)5-2-6-14/h3-4,7,16H,2,5-6,8-9,15H2,1H3,(H,17,18). The van der Waals surface area contributed by atoms with Crippen molar-refractivity contribution < 1.29 is 0 Å². The van der Waals surface area contributed by atoms with Gasteiger partial charge in [0.2, 0.25) is 0 Å². The first-order chi connectivity index (χ1) is 8.71.